The Morgan fingerprint density at radius 2 is 0.933 bits per heavy atom. The summed E-state index contributed by atoms with van der Waals surface area (Å²) in [6, 6.07) is 0. The van der Waals surface area contributed by atoms with Crippen molar-refractivity contribution in [3.05, 3.63) is 0 Å². The first-order chi connectivity index (χ1) is 6.00. The third-order valence-corrected chi connectivity index (χ3v) is 0. The average Bonchev–Trinajstić information content (AvgIpc) is 1.41. The maximum absolute atomic E-state index is 10.4. The quantitative estimate of drug-likeness (QED) is 0.443. The zero-order valence-electron chi connectivity index (χ0n) is 6.63. The van der Waals surface area contributed by atoms with Crippen LogP contribution in [0.15, 0.2) is 0 Å². The Balaban J connectivity index is -0.000000144. The van der Waals surface area contributed by atoms with Gasteiger partial charge in [0.05, 0.1) is 0 Å². The maximum Gasteiger partial charge on any atom is 0.156 e. The van der Waals surface area contributed by atoms with E-state index in [9.17, 15) is 13.2 Å². The van der Waals surface area contributed by atoms with Gasteiger partial charge in [0.25, 0.3) is 0 Å². The van der Waals surface area contributed by atoms with Gasteiger partial charge in [-0.25, -0.2) is 27.1 Å². The third-order valence-electron chi connectivity index (χ3n) is 0. The van der Waals surface area contributed by atoms with Crippen molar-refractivity contribution in [1.82, 2.24) is 0 Å². The fourth-order valence-corrected chi connectivity index (χ4v) is 0. The van der Waals surface area contributed by atoms with E-state index in [0.29, 0.717) is 0 Å². The molecule has 0 radical (unpaired) electrons. The Morgan fingerprint density at radius 3 is 0.933 bits per heavy atom. The molecule has 14 heteroatoms. The molecule has 0 atom stereocenters. The van der Waals surface area contributed by atoms with Gasteiger partial charge in [-0.1, -0.05) is 0 Å². The van der Waals surface area contributed by atoms with E-state index in [1.54, 1.807) is 0 Å². The van der Waals surface area contributed by atoms with Crippen LogP contribution < -0.4 is 10.3 Å². The SMILES string of the molecule is F[C](F)(F)[In+2].NS(=O)(=O)[O-].NS(=O)(=O)[O-]. The molecule has 0 aliphatic heterocycles. The van der Waals surface area contributed by atoms with Crippen molar-refractivity contribution in [2.24, 2.45) is 10.3 Å². The second-order valence-electron chi connectivity index (χ2n) is 1.53. The number of nitrogens with two attached hydrogens (primary N) is 2. The molecule has 0 amide bonds. The predicted molar refractivity (Wildman–Crippen MR) is 39.6 cm³/mol. The smallest absolute Gasteiger partial charge is 0.156 e. The van der Waals surface area contributed by atoms with E-state index in [1.165, 1.54) is 0 Å². The van der Waals surface area contributed by atoms with Crippen molar-refractivity contribution in [3.8, 4) is 0 Å². The fraction of sp³-hybridized carbons (Fsp3) is 1.00. The molecular weight excluding hydrogens is 372 g/mol. The van der Waals surface area contributed by atoms with Gasteiger partial charge in [0.15, 0.2) is 20.6 Å². The molecule has 0 spiro atoms. The van der Waals surface area contributed by atoms with E-state index >= 15 is 0 Å². The van der Waals surface area contributed by atoms with Crippen LogP contribution in [0.2, 0.25) is 0 Å². The molecular formula is CH4F3InN2O6S2. The van der Waals surface area contributed by atoms with Crippen molar-refractivity contribution in [3.63, 3.8) is 0 Å². The first-order valence-electron chi connectivity index (χ1n) is 2.33. The Kier molecular flexibility index (Phi) is 10.6. The third kappa shape index (κ3) is 13800. The number of hydrogen-bond acceptors (Lipinski definition) is 6. The molecule has 0 saturated carbocycles. The molecule has 0 saturated heterocycles. The largest absolute Gasteiger partial charge is 0.736 e. The van der Waals surface area contributed by atoms with Gasteiger partial charge in [-0.2, -0.15) is 0 Å². The molecule has 90 valence electrons. The molecule has 0 unspecified atom stereocenters. The van der Waals surface area contributed by atoms with E-state index in [0.717, 1.165) is 0 Å². The molecule has 0 fully saturated rings. The molecule has 0 heterocycles. The number of hydrogen-bond donors (Lipinski definition) is 2. The van der Waals surface area contributed by atoms with Crippen LogP contribution in [0.4, 0.5) is 13.2 Å². The zero-order valence-corrected chi connectivity index (χ0v) is 11.6. The summed E-state index contributed by atoms with van der Waals surface area (Å²) in [5, 5.41) is 7.54. The summed E-state index contributed by atoms with van der Waals surface area (Å²) in [5.74, 6) is 0. The minimum atomic E-state index is -4.42. The van der Waals surface area contributed by atoms with E-state index in [-0.39, 0.29) is 0 Å². The monoisotopic (exact) mass is 376 g/mol. The molecule has 0 aromatic heterocycles. The van der Waals surface area contributed by atoms with E-state index in [1.807, 2.05) is 0 Å². The Bertz CT molecular complexity index is 293. The molecule has 0 rings (SSSR count). The molecule has 15 heavy (non-hydrogen) atoms. The van der Waals surface area contributed by atoms with E-state index in [4.69, 9.17) is 25.9 Å². The molecule has 4 N–H and O–H groups in total. The molecule has 0 aromatic rings. The van der Waals surface area contributed by atoms with Gasteiger partial charge in [0.2, 0.25) is 0 Å². The summed E-state index contributed by atoms with van der Waals surface area (Å²) < 4.78 is 80.5. The van der Waals surface area contributed by atoms with Crippen molar-refractivity contribution in [1.29, 1.82) is 0 Å². The van der Waals surface area contributed by atoms with Gasteiger partial charge in [-0.15, -0.1) is 0 Å². The molecule has 0 bridgehead atoms. The molecule has 0 aliphatic rings. The average molecular weight is 376 g/mol. The topological polar surface area (TPSA) is 166 Å². The van der Waals surface area contributed by atoms with Crippen LogP contribution in [-0.2, 0) is 20.6 Å². The first kappa shape index (κ1) is 20.8. The van der Waals surface area contributed by atoms with Crippen molar-refractivity contribution < 1.29 is 39.1 Å². The molecule has 0 aromatic carbocycles. The number of halogens is 3. The van der Waals surface area contributed by atoms with Crippen molar-refractivity contribution >= 4 is 45.0 Å². The summed E-state index contributed by atoms with van der Waals surface area (Å²) in [5.41, 5.74) is 0. The molecule has 8 nitrogen and oxygen atoms in total. The molecule has 0 aliphatic carbocycles. The zero-order chi connectivity index (χ0) is 13.5. The van der Waals surface area contributed by atoms with Crippen LogP contribution in [0.25, 0.3) is 0 Å². The summed E-state index contributed by atoms with van der Waals surface area (Å²) >= 11 is -0.636. The van der Waals surface area contributed by atoms with Crippen LogP contribution in [0, 0.1) is 0 Å². The number of alkyl halides is 3. The van der Waals surface area contributed by atoms with Gasteiger partial charge < -0.3 is 9.11 Å². The standard InChI is InChI=1S/CF3.In.2H3NO3S/c2-1(3)4;;2*1-5(2,3)4/h;;2*(H3,1,2,3,4)/q;+2;;/p-2. The second-order valence-corrected chi connectivity index (χ2v) is 5.37. The van der Waals surface area contributed by atoms with Gasteiger partial charge in [0, 0.05) is 0 Å². The first-order valence-corrected chi connectivity index (χ1v) is 6.92. The van der Waals surface area contributed by atoms with Gasteiger partial charge in [0.1, 0.15) is 0 Å². The minimum absolute atomic E-state index is 0.636. The Labute approximate surface area is 98.1 Å². The van der Waals surface area contributed by atoms with E-state index < -0.39 is 48.9 Å². The summed E-state index contributed by atoms with van der Waals surface area (Å²) in [7, 11) is -8.83. The fourth-order valence-electron chi connectivity index (χ4n) is 0. The Morgan fingerprint density at radius 1 is 0.933 bits per heavy atom. The van der Waals surface area contributed by atoms with E-state index in [2.05, 4.69) is 10.3 Å². The van der Waals surface area contributed by atoms with Crippen LogP contribution in [0.5, 0.6) is 0 Å². The second kappa shape index (κ2) is 7.64. The van der Waals surface area contributed by atoms with Crippen molar-refractivity contribution in [2.75, 3.05) is 0 Å². The minimum Gasteiger partial charge on any atom is -0.736 e. The Hall–Kier alpha value is 0.400. The van der Waals surface area contributed by atoms with Crippen LogP contribution in [0.1, 0.15) is 0 Å². The van der Waals surface area contributed by atoms with Gasteiger partial charge >= 0.3 is 41.5 Å². The van der Waals surface area contributed by atoms with Crippen LogP contribution in [-0.4, -0.2) is 54.2 Å². The van der Waals surface area contributed by atoms with Crippen LogP contribution in [0.3, 0.4) is 0 Å². The van der Waals surface area contributed by atoms with Crippen LogP contribution >= 0.6 is 0 Å². The maximum atomic E-state index is 10.4. The predicted octanol–water partition coefficient (Wildman–Crippen LogP) is -2.51. The van der Waals surface area contributed by atoms with Gasteiger partial charge in [-0.3, -0.25) is 0 Å². The summed E-state index contributed by atoms with van der Waals surface area (Å²) in [4.78, 5) is 0. The number of rotatable bonds is 0. The normalized spacial score (nSPS) is 11.8. The summed E-state index contributed by atoms with van der Waals surface area (Å²) in [6.07, 6.45) is 0. The summed E-state index contributed by atoms with van der Waals surface area (Å²) in [6.45, 7) is 0. The van der Waals surface area contributed by atoms with Gasteiger partial charge in [-0.05, 0) is 0 Å². The van der Waals surface area contributed by atoms with Crippen molar-refractivity contribution in [2.45, 2.75) is 3.93 Å².